The van der Waals surface area contributed by atoms with Crippen LogP contribution in [0.2, 0.25) is 0 Å². The van der Waals surface area contributed by atoms with Gasteiger partial charge in [-0.05, 0) is 42.8 Å². The Morgan fingerprint density at radius 1 is 0.917 bits per heavy atom. The first-order valence-electron chi connectivity index (χ1n) is 7.92. The van der Waals surface area contributed by atoms with Crippen LogP contribution in [0.5, 0.6) is 0 Å². The number of anilines is 2. The molecule has 2 aromatic carbocycles. The molecule has 120 valence electrons. The lowest BCUT2D eigenvalue weighted by atomic mass is 10.1. The molecule has 0 aromatic heterocycles. The molecule has 0 fully saturated rings. The van der Waals surface area contributed by atoms with Gasteiger partial charge in [-0.1, -0.05) is 43.0 Å². The van der Waals surface area contributed by atoms with Gasteiger partial charge in [-0.25, -0.2) is 4.79 Å². The summed E-state index contributed by atoms with van der Waals surface area (Å²) < 4.78 is 5.22. The van der Waals surface area contributed by atoms with Crippen LogP contribution in [0.1, 0.15) is 12.8 Å². The lowest BCUT2D eigenvalue weighted by Gasteiger charge is -2.29. The molecule has 1 aliphatic carbocycles. The van der Waals surface area contributed by atoms with Crippen LogP contribution in [-0.4, -0.2) is 5.97 Å². The molecule has 1 aliphatic rings. The molecule has 3 nitrogen and oxygen atoms in total. The van der Waals surface area contributed by atoms with Crippen LogP contribution in [0.15, 0.2) is 96.9 Å². The van der Waals surface area contributed by atoms with Gasteiger partial charge in [0.1, 0.15) is 5.76 Å². The van der Waals surface area contributed by atoms with Gasteiger partial charge in [0, 0.05) is 29.6 Å². The lowest BCUT2D eigenvalue weighted by Crippen LogP contribution is -2.18. The third-order valence-electron chi connectivity index (χ3n) is 3.80. The number of carbonyl (C=O) groups is 1. The van der Waals surface area contributed by atoms with E-state index in [1.165, 1.54) is 6.08 Å². The topological polar surface area (TPSA) is 29.5 Å². The van der Waals surface area contributed by atoms with E-state index in [9.17, 15) is 4.79 Å². The number of nitrogens with zero attached hydrogens (tertiary/aromatic N) is 1. The van der Waals surface area contributed by atoms with Crippen molar-refractivity contribution in [3.8, 4) is 0 Å². The average molecular weight is 317 g/mol. The van der Waals surface area contributed by atoms with Crippen molar-refractivity contribution in [1.82, 2.24) is 0 Å². The van der Waals surface area contributed by atoms with Crippen LogP contribution in [-0.2, 0) is 9.53 Å². The first kappa shape index (κ1) is 15.8. The van der Waals surface area contributed by atoms with Gasteiger partial charge < -0.3 is 9.64 Å². The number of ether oxygens (including phenoxy) is 1. The smallest absolute Gasteiger partial charge is 0.335 e. The Morgan fingerprint density at radius 2 is 1.50 bits per heavy atom. The fourth-order valence-electron chi connectivity index (χ4n) is 2.68. The molecule has 3 rings (SSSR count). The van der Waals surface area contributed by atoms with E-state index < -0.39 is 5.97 Å². The Labute approximate surface area is 142 Å². The zero-order valence-corrected chi connectivity index (χ0v) is 13.4. The molecule has 0 unspecified atom stereocenters. The fraction of sp³-hybridized carbons (Fsp3) is 0.0952. The van der Waals surface area contributed by atoms with Gasteiger partial charge in [0.25, 0.3) is 0 Å². The van der Waals surface area contributed by atoms with Crippen LogP contribution in [0.3, 0.4) is 0 Å². The van der Waals surface area contributed by atoms with Gasteiger partial charge in [0.2, 0.25) is 0 Å². The summed E-state index contributed by atoms with van der Waals surface area (Å²) in [5.41, 5.74) is 3.37. The predicted molar refractivity (Wildman–Crippen MR) is 96.7 cm³/mol. The van der Waals surface area contributed by atoms with Crippen LogP contribution in [0.4, 0.5) is 11.4 Å². The quantitative estimate of drug-likeness (QED) is 0.566. The van der Waals surface area contributed by atoms with E-state index in [2.05, 4.69) is 35.7 Å². The molecule has 0 heterocycles. The van der Waals surface area contributed by atoms with E-state index in [0.29, 0.717) is 12.2 Å². The molecule has 0 bridgehead atoms. The Morgan fingerprint density at radius 3 is 1.96 bits per heavy atom. The second kappa shape index (κ2) is 7.47. The summed E-state index contributed by atoms with van der Waals surface area (Å²) >= 11 is 0. The maximum atomic E-state index is 11.3. The predicted octanol–water partition coefficient (Wildman–Crippen LogP) is 5.12. The van der Waals surface area contributed by atoms with Gasteiger partial charge in [-0.2, -0.15) is 0 Å². The molecule has 0 saturated carbocycles. The number of para-hydroxylation sites is 2. The zero-order chi connectivity index (χ0) is 16.8. The van der Waals surface area contributed by atoms with E-state index in [1.807, 2.05) is 48.6 Å². The largest absolute Gasteiger partial charge is 0.428 e. The highest BCUT2D eigenvalue weighted by molar-refractivity contribution is 5.82. The number of hydrogen-bond donors (Lipinski definition) is 0. The number of carbonyl (C=O) groups excluding carboxylic acids is 1. The van der Waals surface area contributed by atoms with Crippen LogP contribution >= 0.6 is 0 Å². The third-order valence-corrected chi connectivity index (χ3v) is 3.80. The summed E-state index contributed by atoms with van der Waals surface area (Å²) in [6.45, 7) is 3.42. The molecule has 24 heavy (non-hydrogen) atoms. The van der Waals surface area contributed by atoms with E-state index >= 15 is 0 Å². The van der Waals surface area contributed by atoms with Gasteiger partial charge in [-0.15, -0.1) is 0 Å². The van der Waals surface area contributed by atoms with Crippen LogP contribution in [0, 0.1) is 0 Å². The second-order valence-corrected chi connectivity index (χ2v) is 5.42. The normalized spacial score (nSPS) is 13.5. The molecule has 0 radical (unpaired) electrons. The SMILES string of the molecule is C=CC(=O)OC1=CC=C(N(c2ccccc2)c2ccccc2)CC1. The number of benzene rings is 2. The second-order valence-electron chi connectivity index (χ2n) is 5.42. The van der Waals surface area contributed by atoms with Crippen LogP contribution in [0.25, 0.3) is 0 Å². The van der Waals surface area contributed by atoms with Crippen molar-refractivity contribution in [1.29, 1.82) is 0 Å². The maximum Gasteiger partial charge on any atom is 0.335 e. The molecule has 0 N–H and O–H groups in total. The monoisotopic (exact) mass is 317 g/mol. The van der Waals surface area contributed by atoms with Crippen molar-refractivity contribution in [2.45, 2.75) is 12.8 Å². The Hall–Kier alpha value is -3.07. The number of hydrogen-bond acceptors (Lipinski definition) is 3. The lowest BCUT2D eigenvalue weighted by molar-refractivity contribution is -0.134. The van der Waals surface area contributed by atoms with Crippen molar-refractivity contribution < 1.29 is 9.53 Å². The number of esters is 1. The highest BCUT2D eigenvalue weighted by atomic mass is 16.5. The summed E-state index contributed by atoms with van der Waals surface area (Å²) in [7, 11) is 0. The first-order chi connectivity index (χ1) is 11.8. The summed E-state index contributed by atoms with van der Waals surface area (Å²) in [5.74, 6) is 0.255. The van der Waals surface area contributed by atoms with Gasteiger partial charge in [0.15, 0.2) is 0 Å². The fourth-order valence-corrected chi connectivity index (χ4v) is 2.68. The maximum absolute atomic E-state index is 11.3. The van der Waals surface area contributed by atoms with Crippen molar-refractivity contribution in [3.63, 3.8) is 0 Å². The molecule has 0 spiro atoms. The van der Waals surface area contributed by atoms with Crippen molar-refractivity contribution in [2.75, 3.05) is 4.90 Å². The van der Waals surface area contributed by atoms with E-state index in [-0.39, 0.29) is 0 Å². The Bertz CT molecular complexity index is 737. The molecular formula is C21H19NO2. The molecule has 0 saturated heterocycles. The van der Waals surface area contributed by atoms with E-state index in [4.69, 9.17) is 4.74 Å². The minimum atomic E-state index is -0.416. The minimum absolute atomic E-state index is 0.416. The summed E-state index contributed by atoms with van der Waals surface area (Å²) in [5, 5.41) is 0. The molecule has 0 atom stereocenters. The zero-order valence-electron chi connectivity index (χ0n) is 13.4. The van der Waals surface area contributed by atoms with Crippen LogP contribution < -0.4 is 4.90 Å². The molecule has 0 aliphatic heterocycles. The summed E-state index contributed by atoms with van der Waals surface area (Å²) in [6.07, 6.45) is 6.52. The highest BCUT2D eigenvalue weighted by Gasteiger charge is 2.18. The van der Waals surface area contributed by atoms with Crippen molar-refractivity contribution >= 4 is 17.3 Å². The van der Waals surface area contributed by atoms with E-state index in [1.54, 1.807) is 0 Å². The van der Waals surface area contributed by atoms with Gasteiger partial charge in [0.05, 0.1) is 0 Å². The minimum Gasteiger partial charge on any atom is -0.428 e. The molecular weight excluding hydrogens is 298 g/mol. The highest BCUT2D eigenvalue weighted by Crippen LogP contribution is 2.33. The molecule has 0 amide bonds. The summed E-state index contributed by atoms with van der Waals surface area (Å²) in [6, 6.07) is 20.5. The average Bonchev–Trinajstić information content (AvgIpc) is 2.65. The van der Waals surface area contributed by atoms with Gasteiger partial charge >= 0.3 is 5.97 Å². The Kier molecular flexibility index (Phi) is 4.92. The Balaban J connectivity index is 1.93. The third kappa shape index (κ3) is 3.63. The standard InChI is InChI=1S/C21H19NO2/c1-2-21(23)24-20-15-13-19(14-16-20)22(17-9-5-3-6-10-17)18-11-7-4-8-12-18/h2-13,15H,1,14,16H2. The number of allylic oxidation sites excluding steroid dienone is 4. The number of rotatable bonds is 5. The molecule has 2 aromatic rings. The first-order valence-corrected chi connectivity index (χ1v) is 7.92. The van der Waals surface area contributed by atoms with Gasteiger partial charge in [-0.3, -0.25) is 0 Å². The van der Waals surface area contributed by atoms with Crippen molar-refractivity contribution in [2.24, 2.45) is 0 Å². The summed E-state index contributed by atoms with van der Waals surface area (Å²) in [4.78, 5) is 13.6. The molecule has 3 heteroatoms. The van der Waals surface area contributed by atoms with Crippen molar-refractivity contribution in [3.05, 3.63) is 96.9 Å². The van der Waals surface area contributed by atoms with E-state index in [0.717, 1.165) is 23.5 Å².